The molecule has 0 saturated heterocycles. The van der Waals surface area contributed by atoms with Crippen LogP contribution in [-0.4, -0.2) is 35.9 Å². The quantitative estimate of drug-likeness (QED) is 0.310. The second kappa shape index (κ2) is 9.99. The summed E-state index contributed by atoms with van der Waals surface area (Å²) in [5, 5.41) is 15.7. The van der Waals surface area contributed by atoms with Gasteiger partial charge in [-0.2, -0.15) is 5.10 Å². The van der Waals surface area contributed by atoms with E-state index in [4.69, 9.17) is 0 Å². The minimum Gasteiger partial charge on any atom is -0.378 e. The normalized spacial score (nSPS) is 11.6. The van der Waals surface area contributed by atoms with Crippen LogP contribution >= 0.6 is 0 Å². The maximum absolute atomic E-state index is 13.2. The van der Waals surface area contributed by atoms with Crippen molar-refractivity contribution in [1.29, 1.82) is 0 Å². The van der Waals surface area contributed by atoms with E-state index in [2.05, 4.69) is 44.3 Å². The number of rotatable bonds is 7. The summed E-state index contributed by atoms with van der Waals surface area (Å²) in [6.45, 7) is 4.05. The van der Waals surface area contributed by atoms with E-state index in [1.807, 2.05) is 46.1 Å². The van der Waals surface area contributed by atoms with Crippen molar-refractivity contribution in [2.45, 2.75) is 19.4 Å². The van der Waals surface area contributed by atoms with E-state index in [1.54, 1.807) is 54.7 Å². The molecule has 178 valence electrons. The Morgan fingerprint density at radius 3 is 1.97 bits per heavy atom. The minimum absolute atomic E-state index is 0.471. The number of aromatic nitrogens is 1. The van der Waals surface area contributed by atoms with Crippen molar-refractivity contribution in [3.05, 3.63) is 119 Å². The molecule has 6 nitrogen and oxygen atoms in total. The summed E-state index contributed by atoms with van der Waals surface area (Å²) in [4.78, 5) is 15.3. The molecular weight excluding hydrogens is 436 g/mol. The number of hydrogen-bond donors (Lipinski definition) is 2. The summed E-state index contributed by atoms with van der Waals surface area (Å²) in [5.41, 5.74) is 6.73. The van der Waals surface area contributed by atoms with Gasteiger partial charge in [0, 0.05) is 42.4 Å². The highest BCUT2D eigenvalue weighted by Gasteiger charge is 2.39. The van der Waals surface area contributed by atoms with E-state index in [1.165, 1.54) is 0 Å². The Labute approximate surface area is 206 Å². The predicted octanol–water partition coefficient (Wildman–Crippen LogP) is 4.55. The zero-order chi connectivity index (χ0) is 25.0. The molecule has 0 atom stereocenters. The fourth-order valence-electron chi connectivity index (χ4n) is 4.24. The van der Waals surface area contributed by atoms with Gasteiger partial charge in [-0.1, -0.05) is 60.7 Å². The molecule has 4 aromatic rings. The smallest absolute Gasteiger partial charge is 0.281 e. The molecule has 6 heteroatoms. The largest absolute Gasteiger partial charge is 0.378 e. The van der Waals surface area contributed by atoms with Crippen LogP contribution in [0.25, 0.3) is 5.69 Å². The lowest BCUT2D eigenvalue weighted by molar-refractivity contribution is -0.136. The molecule has 0 fully saturated rings. The summed E-state index contributed by atoms with van der Waals surface area (Å²) >= 11 is 0. The van der Waals surface area contributed by atoms with Crippen LogP contribution < -0.4 is 10.3 Å². The number of carbonyl (C=O) groups excluding carboxylic acids is 1. The van der Waals surface area contributed by atoms with Crippen LogP contribution in [0.2, 0.25) is 0 Å². The summed E-state index contributed by atoms with van der Waals surface area (Å²) < 4.78 is 2.15. The molecule has 1 amide bonds. The highest BCUT2D eigenvalue weighted by atomic mass is 16.3. The first-order chi connectivity index (χ1) is 16.8. The first kappa shape index (κ1) is 24.0. The van der Waals surface area contributed by atoms with Gasteiger partial charge in [-0.3, -0.25) is 4.79 Å². The van der Waals surface area contributed by atoms with Gasteiger partial charge in [0.2, 0.25) is 0 Å². The topological polar surface area (TPSA) is 69.9 Å². The Balaban J connectivity index is 1.59. The zero-order valence-corrected chi connectivity index (χ0v) is 20.4. The summed E-state index contributed by atoms with van der Waals surface area (Å²) in [6.07, 6.45) is 1.61. The molecule has 35 heavy (non-hydrogen) atoms. The lowest BCUT2D eigenvalue weighted by Gasteiger charge is -2.27. The standard InChI is InChI=1S/C29H30N4O2/c1-21-19-23(22(2)33(21)27-17-15-26(16-18-27)32(3)4)20-30-31-28(34)29(35,24-11-7-5-8-12-24)25-13-9-6-10-14-25/h5-20,35H,1-4H3,(H,31,34). The average molecular weight is 467 g/mol. The first-order valence-electron chi connectivity index (χ1n) is 11.5. The molecule has 0 saturated carbocycles. The SMILES string of the molecule is Cc1cc(C=NNC(=O)C(O)(c2ccccc2)c2ccccc2)c(C)n1-c1ccc(N(C)C)cc1. The highest BCUT2D eigenvalue weighted by molar-refractivity contribution is 5.91. The Hall–Kier alpha value is -4.16. The lowest BCUT2D eigenvalue weighted by Crippen LogP contribution is -2.43. The van der Waals surface area contributed by atoms with Crippen LogP contribution in [0.4, 0.5) is 5.69 Å². The lowest BCUT2D eigenvalue weighted by atomic mass is 9.85. The Morgan fingerprint density at radius 1 is 0.914 bits per heavy atom. The predicted molar refractivity (Wildman–Crippen MR) is 141 cm³/mol. The molecule has 0 unspecified atom stereocenters. The van der Waals surface area contributed by atoms with E-state index in [0.717, 1.165) is 28.3 Å². The Kier molecular flexibility index (Phi) is 6.85. The van der Waals surface area contributed by atoms with Crippen molar-refractivity contribution in [2.75, 3.05) is 19.0 Å². The van der Waals surface area contributed by atoms with Gasteiger partial charge in [-0.15, -0.1) is 0 Å². The molecule has 1 aromatic heterocycles. The van der Waals surface area contributed by atoms with Crippen LogP contribution in [0.3, 0.4) is 0 Å². The second-order valence-electron chi connectivity index (χ2n) is 8.71. The van der Waals surface area contributed by atoms with Crippen LogP contribution in [0.1, 0.15) is 28.1 Å². The van der Waals surface area contributed by atoms with E-state index >= 15 is 0 Å². The molecule has 0 bridgehead atoms. The van der Waals surface area contributed by atoms with E-state index in [-0.39, 0.29) is 0 Å². The minimum atomic E-state index is -1.87. The number of nitrogens with zero attached hydrogens (tertiary/aromatic N) is 3. The van der Waals surface area contributed by atoms with Crippen LogP contribution in [0.5, 0.6) is 0 Å². The first-order valence-corrected chi connectivity index (χ1v) is 11.5. The summed E-state index contributed by atoms with van der Waals surface area (Å²) in [6, 6.07) is 28.1. The fraction of sp³-hybridized carbons (Fsp3) is 0.172. The van der Waals surface area contributed by atoms with Gasteiger partial charge >= 0.3 is 0 Å². The molecule has 2 N–H and O–H groups in total. The van der Waals surface area contributed by atoms with Crippen molar-refractivity contribution < 1.29 is 9.90 Å². The van der Waals surface area contributed by atoms with Gasteiger partial charge in [0.15, 0.2) is 5.60 Å². The number of aryl methyl sites for hydroxylation is 1. The molecule has 0 radical (unpaired) electrons. The van der Waals surface area contributed by atoms with E-state index in [0.29, 0.717) is 11.1 Å². The van der Waals surface area contributed by atoms with Crippen molar-refractivity contribution >= 4 is 17.8 Å². The number of benzene rings is 3. The molecule has 4 rings (SSSR count). The average Bonchev–Trinajstić information content (AvgIpc) is 3.17. The monoisotopic (exact) mass is 466 g/mol. The van der Waals surface area contributed by atoms with E-state index in [9.17, 15) is 9.90 Å². The molecule has 0 aliphatic heterocycles. The Bertz CT molecular complexity index is 1290. The van der Waals surface area contributed by atoms with Gasteiger partial charge < -0.3 is 14.6 Å². The van der Waals surface area contributed by atoms with Crippen molar-refractivity contribution in [2.24, 2.45) is 5.10 Å². The Morgan fingerprint density at radius 2 is 1.46 bits per heavy atom. The molecule has 0 spiro atoms. The number of aliphatic hydroxyl groups is 1. The van der Waals surface area contributed by atoms with Crippen LogP contribution in [0.15, 0.2) is 96.1 Å². The van der Waals surface area contributed by atoms with Gasteiger partial charge in [0.25, 0.3) is 5.91 Å². The molecule has 0 aliphatic carbocycles. The van der Waals surface area contributed by atoms with Crippen molar-refractivity contribution in [1.82, 2.24) is 9.99 Å². The van der Waals surface area contributed by atoms with Crippen LogP contribution in [0, 0.1) is 13.8 Å². The number of hydrogen-bond acceptors (Lipinski definition) is 4. The van der Waals surface area contributed by atoms with Crippen molar-refractivity contribution in [3.63, 3.8) is 0 Å². The number of amides is 1. The third-order valence-corrected chi connectivity index (χ3v) is 6.18. The van der Waals surface area contributed by atoms with Crippen molar-refractivity contribution in [3.8, 4) is 5.69 Å². The van der Waals surface area contributed by atoms with Gasteiger partial charge in [0.1, 0.15) is 0 Å². The molecule has 0 aliphatic rings. The highest BCUT2D eigenvalue weighted by Crippen LogP contribution is 2.30. The molecule has 1 heterocycles. The third-order valence-electron chi connectivity index (χ3n) is 6.18. The number of hydrazone groups is 1. The summed E-state index contributed by atoms with van der Waals surface area (Å²) in [7, 11) is 4.03. The molecular formula is C29H30N4O2. The van der Waals surface area contributed by atoms with Gasteiger partial charge in [-0.05, 0) is 55.3 Å². The van der Waals surface area contributed by atoms with Gasteiger partial charge in [0.05, 0.1) is 6.21 Å². The maximum atomic E-state index is 13.2. The second-order valence-corrected chi connectivity index (χ2v) is 8.71. The third kappa shape index (κ3) is 4.74. The zero-order valence-electron chi connectivity index (χ0n) is 20.4. The van der Waals surface area contributed by atoms with E-state index < -0.39 is 11.5 Å². The summed E-state index contributed by atoms with van der Waals surface area (Å²) in [5.74, 6) is -0.626. The maximum Gasteiger partial charge on any atom is 0.281 e. The fourth-order valence-corrected chi connectivity index (χ4v) is 4.24. The van der Waals surface area contributed by atoms with Gasteiger partial charge in [-0.25, -0.2) is 5.43 Å². The van der Waals surface area contributed by atoms with Crippen LogP contribution in [-0.2, 0) is 10.4 Å². The molecule has 3 aromatic carbocycles. The number of nitrogens with one attached hydrogen (secondary N) is 1. The number of carbonyl (C=O) groups is 1. The number of anilines is 1.